The number of hydrogen-bond acceptors (Lipinski definition) is 3. The summed E-state index contributed by atoms with van der Waals surface area (Å²) in [6.45, 7) is 7.66. The summed E-state index contributed by atoms with van der Waals surface area (Å²) in [7, 11) is 3.82. The van der Waals surface area contributed by atoms with Gasteiger partial charge in [0.1, 0.15) is 0 Å². The van der Waals surface area contributed by atoms with Crippen LogP contribution in [-0.2, 0) is 4.74 Å². The molecule has 0 spiro atoms. The van der Waals surface area contributed by atoms with E-state index in [4.69, 9.17) is 4.74 Å². The lowest BCUT2D eigenvalue weighted by atomic mass is 10.1. The van der Waals surface area contributed by atoms with Crippen molar-refractivity contribution in [2.24, 2.45) is 0 Å². The minimum absolute atomic E-state index is 0.0113. The minimum atomic E-state index is -0.0113. The van der Waals surface area contributed by atoms with Crippen molar-refractivity contribution in [3.8, 4) is 0 Å². The third-order valence-corrected chi connectivity index (χ3v) is 2.84. The van der Waals surface area contributed by atoms with E-state index in [1.807, 2.05) is 7.05 Å². The van der Waals surface area contributed by atoms with Gasteiger partial charge in [0.05, 0.1) is 5.60 Å². The number of rotatable bonds is 4. The highest BCUT2D eigenvalue weighted by Crippen LogP contribution is 2.15. The smallest absolute Gasteiger partial charge is 0.0749 e. The molecule has 0 aromatic carbocycles. The van der Waals surface area contributed by atoms with Crippen molar-refractivity contribution in [1.29, 1.82) is 0 Å². The Hall–Kier alpha value is -0.120. The lowest BCUT2D eigenvalue weighted by molar-refractivity contribution is -0.00282. The van der Waals surface area contributed by atoms with Crippen LogP contribution in [0.5, 0.6) is 0 Å². The number of likely N-dealkylation sites (tertiary alicyclic amines) is 1. The summed E-state index contributed by atoms with van der Waals surface area (Å²) in [5.41, 5.74) is -0.0113. The molecule has 3 heteroatoms. The van der Waals surface area contributed by atoms with E-state index >= 15 is 0 Å². The Morgan fingerprint density at radius 2 is 2.23 bits per heavy atom. The summed E-state index contributed by atoms with van der Waals surface area (Å²) >= 11 is 0. The van der Waals surface area contributed by atoms with Gasteiger partial charge in [-0.15, -0.1) is 0 Å². The van der Waals surface area contributed by atoms with Crippen molar-refractivity contribution in [1.82, 2.24) is 10.2 Å². The highest BCUT2D eigenvalue weighted by molar-refractivity contribution is 4.84. The van der Waals surface area contributed by atoms with E-state index in [0.29, 0.717) is 6.04 Å². The molecule has 0 aliphatic carbocycles. The van der Waals surface area contributed by atoms with Crippen LogP contribution in [0.3, 0.4) is 0 Å². The number of likely N-dealkylation sites (N-methyl/N-ethyl adjacent to an activating group) is 1. The summed E-state index contributed by atoms with van der Waals surface area (Å²) in [5.74, 6) is 0. The molecule has 1 N–H and O–H groups in total. The Kier molecular flexibility index (Phi) is 3.71. The first-order valence-electron chi connectivity index (χ1n) is 5.02. The monoisotopic (exact) mass is 186 g/mol. The van der Waals surface area contributed by atoms with Crippen LogP contribution in [0.15, 0.2) is 0 Å². The molecule has 1 unspecified atom stereocenters. The molecule has 0 bridgehead atoms. The van der Waals surface area contributed by atoms with Gasteiger partial charge >= 0.3 is 0 Å². The van der Waals surface area contributed by atoms with Crippen molar-refractivity contribution in [2.45, 2.75) is 31.9 Å². The van der Waals surface area contributed by atoms with Crippen LogP contribution in [-0.4, -0.2) is 50.3 Å². The van der Waals surface area contributed by atoms with E-state index in [1.54, 1.807) is 7.11 Å². The number of hydrogen-bond donors (Lipinski definition) is 1. The molecule has 3 nitrogen and oxygen atoms in total. The quantitative estimate of drug-likeness (QED) is 0.699. The second kappa shape index (κ2) is 4.40. The molecule has 13 heavy (non-hydrogen) atoms. The fourth-order valence-electron chi connectivity index (χ4n) is 1.81. The Balaban J connectivity index is 2.31. The molecule has 78 valence electrons. The van der Waals surface area contributed by atoms with Crippen LogP contribution in [0, 0.1) is 0 Å². The van der Waals surface area contributed by atoms with E-state index in [2.05, 4.69) is 24.1 Å². The number of methoxy groups -OCH3 is 1. The maximum absolute atomic E-state index is 5.41. The molecule has 0 aromatic rings. The molecule has 1 aliphatic rings. The normalized spacial score (nSPS) is 25.4. The first kappa shape index (κ1) is 11.0. The molecule has 0 radical (unpaired) electrons. The van der Waals surface area contributed by atoms with Crippen LogP contribution in [0.25, 0.3) is 0 Å². The Morgan fingerprint density at radius 3 is 2.69 bits per heavy atom. The molecular formula is C10H22N2O. The largest absolute Gasteiger partial charge is 0.377 e. The zero-order valence-corrected chi connectivity index (χ0v) is 9.26. The molecule has 1 atom stereocenters. The van der Waals surface area contributed by atoms with Crippen LogP contribution in [0.4, 0.5) is 0 Å². The van der Waals surface area contributed by atoms with Gasteiger partial charge in [-0.1, -0.05) is 0 Å². The highest BCUT2D eigenvalue weighted by Gasteiger charge is 2.26. The predicted molar refractivity (Wildman–Crippen MR) is 55.0 cm³/mol. The van der Waals surface area contributed by atoms with Crippen molar-refractivity contribution in [2.75, 3.05) is 33.8 Å². The third-order valence-electron chi connectivity index (χ3n) is 2.84. The molecule has 0 amide bonds. The topological polar surface area (TPSA) is 24.5 Å². The number of nitrogens with one attached hydrogen (secondary N) is 1. The zero-order chi connectivity index (χ0) is 9.90. The van der Waals surface area contributed by atoms with Gasteiger partial charge in [0.25, 0.3) is 0 Å². The second-order valence-electron chi connectivity index (χ2n) is 4.47. The van der Waals surface area contributed by atoms with Crippen LogP contribution >= 0.6 is 0 Å². The van der Waals surface area contributed by atoms with E-state index in [1.165, 1.54) is 13.0 Å². The summed E-state index contributed by atoms with van der Waals surface area (Å²) in [5, 5.41) is 3.32. The average molecular weight is 186 g/mol. The van der Waals surface area contributed by atoms with E-state index in [0.717, 1.165) is 13.1 Å². The first-order chi connectivity index (χ1) is 6.07. The van der Waals surface area contributed by atoms with Crippen LogP contribution in [0.1, 0.15) is 20.3 Å². The van der Waals surface area contributed by atoms with Crippen LogP contribution in [0.2, 0.25) is 0 Å². The summed E-state index contributed by atoms with van der Waals surface area (Å²) in [4.78, 5) is 2.46. The van der Waals surface area contributed by atoms with Gasteiger partial charge in [-0.2, -0.15) is 0 Å². The van der Waals surface area contributed by atoms with Crippen molar-refractivity contribution in [3.05, 3.63) is 0 Å². The molecule has 0 saturated carbocycles. The SMILES string of the molecule is CNC1CCN(CC(C)(C)OC)C1. The van der Waals surface area contributed by atoms with Crippen molar-refractivity contribution < 1.29 is 4.74 Å². The van der Waals surface area contributed by atoms with E-state index in [9.17, 15) is 0 Å². The van der Waals surface area contributed by atoms with Crippen LogP contribution < -0.4 is 5.32 Å². The standard InChI is InChI=1S/C10H22N2O/c1-10(2,13-4)8-12-6-5-9(7-12)11-3/h9,11H,5-8H2,1-4H3. The summed E-state index contributed by atoms with van der Waals surface area (Å²) in [6, 6.07) is 0.674. The highest BCUT2D eigenvalue weighted by atomic mass is 16.5. The van der Waals surface area contributed by atoms with E-state index < -0.39 is 0 Å². The zero-order valence-electron chi connectivity index (χ0n) is 9.26. The number of nitrogens with zero attached hydrogens (tertiary/aromatic N) is 1. The molecule has 1 rings (SSSR count). The number of ether oxygens (including phenoxy) is 1. The first-order valence-corrected chi connectivity index (χ1v) is 5.02. The summed E-state index contributed by atoms with van der Waals surface area (Å²) in [6.07, 6.45) is 1.26. The Bertz CT molecular complexity index is 159. The van der Waals surface area contributed by atoms with Gasteiger partial charge in [-0.25, -0.2) is 0 Å². The minimum Gasteiger partial charge on any atom is -0.377 e. The molecule has 1 aliphatic heterocycles. The van der Waals surface area contributed by atoms with Gasteiger partial charge < -0.3 is 10.1 Å². The van der Waals surface area contributed by atoms with Gasteiger partial charge in [0, 0.05) is 26.2 Å². The van der Waals surface area contributed by atoms with E-state index in [-0.39, 0.29) is 5.60 Å². The van der Waals surface area contributed by atoms with Crippen molar-refractivity contribution in [3.63, 3.8) is 0 Å². The maximum Gasteiger partial charge on any atom is 0.0749 e. The summed E-state index contributed by atoms with van der Waals surface area (Å²) < 4.78 is 5.41. The Morgan fingerprint density at radius 1 is 1.54 bits per heavy atom. The fraction of sp³-hybridized carbons (Fsp3) is 1.00. The van der Waals surface area contributed by atoms with Gasteiger partial charge in [0.15, 0.2) is 0 Å². The van der Waals surface area contributed by atoms with Crippen molar-refractivity contribution >= 4 is 0 Å². The Labute approximate surface area is 81.4 Å². The second-order valence-corrected chi connectivity index (χ2v) is 4.47. The van der Waals surface area contributed by atoms with Gasteiger partial charge in [0.2, 0.25) is 0 Å². The third kappa shape index (κ3) is 3.25. The molecule has 0 aromatic heterocycles. The average Bonchev–Trinajstić information content (AvgIpc) is 2.52. The lowest BCUT2D eigenvalue weighted by Crippen LogP contribution is -2.40. The van der Waals surface area contributed by atoms with Gasteiger partial charge in [-0.05, 0) is 33.9 Å². The molecule has 1 fully saturated rings. The lowest BCUT2D eigenvalue weighted by Gasteiger charge is -2.28. The molecular weight excluding hydrogens is 164 g/mol. The predicted octanol–water partition coefficient (Wildman–Crippen LogP) is 0.705. The molecule has 1 heterocycles. The maximum atomic E-state index is 5.41. The fourth-order valence-corrected chi connectivity index (χ4v) is 1.81. The molecule has 1 saturated heterocycles. The van der Waals surface area contributed by atoms with Gasteiger partial charge in [-0.3, -0.25) is 4.90 Å².